The molecule has 0 amide bonds. The number of aromatic nitrogens is 2. The molecule has 2 aromatic rings. The number of hydrogen-bond acceptors (Lipinski definition) is 3. The van der Waals surface area contributed by atoms with Crippen LogP contribution < -0.4 is 5.32 Å². The maximum absolute atomic E-state index is 9.67. The van der Waals surface area contributed by atoms with Crippen molar-refractivity contribution in [2.24, 2.45) is 5.41 Å². The molecule has 0 saturated heterocycles. The van der Waals surface area contributed by atoms with Crippen LogP contribution in [0, 0.1) is 5.41 Å². The Kier molecular flexibility index (Phi) is 4.27. The van der Waals surface area contributed by atoms with E-state index in [0.29, 0.717) is 6.61 Å². The van der Waals surface area contributed by atoms with Crippen molar-refractivity contribution in [3.63, 3.8) is 0 Å². The second-order valence-electron chi connectivity index (χ2n) is 6.23. The minimum absolute atomic E-state index is 0.100. The minimum atomic E-state index is 0.100. The molecule has 2 N–H and O–H groups in total. The highest BCUT2D eigenvalue weighted by Crippen LogP contribution is 2.36. The van der Waals surface area contributed by atoms with Crippen LogP contribution in [0.4, 0.5) is 0 Å². The fourth-order valence-electron chi connectivity index (χ4n) is 3.57. The summed E-state index contributed by atoms with van der Waals surface area (Å²) >= 11 is 0. The van der Waals surface area contributed by atoms with Crippen molar-refractivity contribution in [3.05, 3.63) is 30.1 Å². The Balaban J connectivity index is 1.70. The lowest BCUT2D eigenvalue weighted by Crippen LogP contribution is -2.35. The summed E-state index contributed by atoms with van der Waals surface area (Å²) in [5.74, 6) is 1.09. The van der Waals surface area contributed by atoms with Crippen molar-refractivity contribution >= 4 is 11.0 Å². The third-order valence-electron chi connectivity index (χ3n) is 4.83. The predicted molar refractivity (Wildman–Crippen MR) is 85.1 cm³/mol. The topological polar surface area (TPSA) is 50.1 Å². The highest BCUT2D eigenvalue weighted by molar-refractivity contribution is 5.75. The first kappa shape index (κ1) is 14.5. The number of fused-ring (bicyclic) bond motifs is 1. The fourth-order valence-corrected chi connectivity index (χ4v) is 3.57. The number of rotatable bonds is 6. The van der Waals surface area contributed by atoms with E-state index in [1.165, 1.54) is 18.4 Å². The Hall–Kier alpha value is -1.39. The van der Waals surface area contributed by atoms with Crippen molar-refractivity contribution in [1.82, 2.24) is 14.9 Å². The first-order valence-corrected chi connectivity index (χ1v) is 8.04. The summed E-state index contributed by atoms with van der Waals surface area (Å²) in [6.07, 6.45) is 4.77. The van der Waals surface area contributed by atoms with E-state index in [0.717, 1.165) is 43.8 Å². The number of benzene rings is 1. The average Bonchev–Trinajstić information content (AvgIpc) is 3.12. The molecule has 4 nitrogen and oxygen atoms in total. The zero-order valence-electron chi connectivity index (χ0n) is 12.8. The van der Waals surface area contributed by atoms with Crippen LogP contribution in [0.1, 0.15) is 38.4 Å². The van der Waals surface area contributed by atoms with Crippen molar-refractivity contribution in [1.29, 1.82) is 0 Å². The van der Waals surface area contributed by atoms with Gasteiger partial charge in [0.1, 0.15) is 5.82 Å². The molecule has 1 heterocycles. The van der Waals surface area contributed by atoms with Crippen LogP contribution in [-0.2, 0) is 13.1 Å². The standard InChI is InChI=1S/C17H25N3O/c1-2-20-15-8-4-3-7-14(15)19-16(20)11-18-12-17(13-21)9-5-6-10-17/h3-4,7-8,18,21H,2,5-6,9-13H2,1H3. The first-order chi connectivity index (χ1) is 10.3. The van der Waals surface area contributed by atoms with E-state index in [-0.39, 0.29) is 5.41 Å². The van der Waals surface area contributed by atoms with Gasteiger partial charge in [0.05, 0.1) is 17.6 Å². The van der Waals surface area contributed by atoms with Gasteiger partial charge in [-0.15, -0.1) is 0 Å². The van der Waals surface area contributed by atoms with E-state index in [9.17, 15) is 5.11 Å². The zero-order valence-corrected chi connectivity index (χ0v) is 12.8. The molecule has 0 spiro atoms. The summed E-state index contributed by atoms with van der Waals surface area (Å²) in [5.41, 5.74) is 2.37. The molecule has 1 aromatic carbocycles. The average molecular weight is 287 g/mol. The van der Waals surface area contributed by atoms with Gasteiger partial charge in [0.2, 0.25) is 0 Å². The van der Waals surface area contributed by atoms with Gasteiger partial charge in [0.25, 0.3) is 0 Å². The lowest BCUT2D eigenvalue weighted by molar-refractivity contribution is 0.127. The zero-order chi connectivity index (χ0) is 14.7. The van der Waals surface area contributed by atoms with E-state index >= 15 is 0 Å². The summed E-state index contributed by atoms with van der Waals surface area (Å²) < 4.78 is 2.27. The molecule has 21 heavy (non-hydrogen) atoms. The van der Waals surface area contributed by atoms with Crippen LogP contribution in [0.5, 0.6) is 0 Å². The van der Waals surface area contributed by atoms with Crippen LogP contribution in [0.15, 0.2) is 24.3 Å². The van der Waals surface area contributed by atoms with Gasteiger partial charge in [-0.05, 0) is 31.9 Å². The third kappa shape index (κ3) is 2.83. The van der Waals surface area contributed by atoms with Gasteiger partial charge in [-0.2, -0.15) is 0 Å². The van der Waals surface area contributed by atoms with Crippen LogP contribution >= 0.6 is 0 Å². The Labute approximate surface area is 126 Å². The van der Waals surface area contributed by atoms with Crippen molar-refractivity contribution in [3.8, 4) is 0 Å². The van der Waals surface area contributed by atoms with Crippen molar-refractivity contribution < 1.29 is 5.11 Å². The number of para-hydroxylation sites is 2. The fraction of sp³-hybridized carbons (Fsp3) is 0.588. The Morgan fingerprint density at radius 1 is 1.29 bits per heavy atom. The van der Waals surface area contributed by atoms with Crippen molar-refractivity contribution in [2.75, 3.05) is 13.2 Å². The molecule has 0 aliphatic heterocycles. The Morgan fingerprint density at radius 3 is 2.76 bits per heavy atom. The summed E-state index contributed by atoms with van der Waals surface area (Å²) in [6.45, 7) is 5.04. The van der Waals surface area contributed by atoms with Crippen LogP contribution in [0.3, 0.4) is 0 Å². The Morgan fingerprint density at radius 2 is 2.05 bits per heavy atom. The number of aryl methyl sites for hydroxylation is 1. The molecule has 1 aliphatic rings. The van der Waals surface area contributed by atoms with Gasteiger partial charge in [-0.1, -0.05) is 25.0 Å². The number of hydrogen-bond donors (Lipinski definition) is 2. The molecule has 0 bridgehead atoms. The van der Waals surface area contributed by atoms with Crippen molar-refractivity contribution in [2.45, 2.75) is 45.7 Å². The molecule has 4 heteroatoms. The maximum atomic E-state index is 9.67. The highest BCUT2D eigenvalue weighted by atomic mass is 16.3. The highest BCUT2D eigenvalue weighted by Gasteiger charge is 2.32. The second-order valence-corrected chi connectivity index (χ2v) is 6.23. The number of imidazole rings is 1. The molecule has 1 saturated carbocycles. The quantitative estimate of drug-likeness (QED) is 0.859. The van der Waals surface area contributed by atoms with E-state index in [1.54, 1.807) is 0 Å². The minimum Gasteiger partial charge on any atom is -0.396 e. The third-order valence-corrected chi connectivity index (χ3v) is 4.83. The molecule has 0 atom stereocenters. The van der Waals surface area contributed by atoms with Gasteiger partial charge < -0.3 is 15.0 Å². The molecule has 0 radical (unpaired) electrons. The largest absolute Gasteiger partial charge is 0.396 e. The van der Waals surface area contributed by atoms with Gasteiger partial charge >= 0.3 is 0 Å². The van der Waals surface area contributed by atoms with Crippen LogP contribution in [0.2, 0.25) is 0 Å². The lowest BCUT2D eigenvalue weighted by atomic mass is 9.87. The van der Waals surface area contributed by atoms with Gasteiger partial charge in [0.15, 0.2) is 0 Å². The van der Waals surface area contributed by atoms with Gasteiger partial charge in [0, 0.05) is 25.1 Å². The molecular formula is C17H25N3O. The number of aliphatic hydroxyl groups is 1. The van der Waals surface area contributed by atoms with E-state index in [1.807, 2.05) is 6.07 Å². The monoisotopic (exact) mass is 287 g/mol. The lowest BCUT2D eigenvalue weighted by Gasteiger charge is -2.26. The van der Waals surface area contributed by atoms with E-state index in [2.05, 4.69) is 35.0 Å². The molecule has 1 aromatic heterocycles. The molecule has 114 valence electrons. The molecule has 1 fully saturated rings. The van der Waals surface area contributed by atoms with E-state index in [4.69, 9.17) is 4.98 Å². The summed E-state index contributed by atoms with van der Waals surface area (Å²) in [4.78, 5) is 4.73. The smallest absolute Gasteiger partial charge is 0.123 e. The second kappa shape index (κ2) is 6.16. The normalized spacial score (nSPS) is 17.6. The molecule has 0 unspecified atom stereocenters. The summed E-state index contributed by atoms with van der Waals surface area (Å²) in [6, 6.07) is 8.29. The summed E-state index contributed by atoms with van der Waals surface area (Å²) in [7, 11) is 0. The summed E-state index contributed by atoms with van der Waals surface area (Å²) in [5, 5.41) is 13.2. The maximum Gasteiger partial charge on any atom is 0.123 e. The number of nitrogens with one attached hydrogen (secondary N) is 1. The predicted octanol–water partition coefficient (Wildman–Crippen LogP) is 2.70. The first-order valence-electron chi connectivity index (χ1n) is 8.04. The molecule has 1 aliphatic carbocycles. The van der Waals surface area contributed by atoms with Crippen LogP contribution in [0.25, 0.3) is 11.0 Å². The number of aliphatic hydroxyl groups excluding tert-OH is 1. The van der Waals surface area contributed by atoms with Gasteiger partial charge in [-0.25, -0.2) is 4.98 Å². The Bertz CT molecular complexity index is 599. The number of nitrogens with zero attached hydrogens (tertiary/aromatic N) is 2. The SMILES string of the molecule is CCn1c(CNCC2(CO)CCCC2)nc2ccccc21. The van der Waals surface area contributed by atoms with Crippen LogP contribution in [-0.4, -0.2) is 27.8 Å². The molecular weight excluding hydrogens is 262 g/mol. The van der Waals surface area contributed by atoms with Gasteiger partial charge in [-0.3, -0.25) is 0 Å². The molecule has 3 rings (SSSR count). The van der Waals surface area contributed by atoms with E-state index < -0.39 is 0 Å².